The minimum Gasteiger partial charge on any atom is -0.492 e. The van der Waals surface area contributed by atoms with E-state index >= 15 is 0 Å². The Kier molecular flexibility index (Phi) is 7.90. The summed E-state index contributed by atoms with van der Waals surface area (Å²) in [7, 11) is 0. The number of ether oxygens (including phenoxy) is 2. The van der Waals surface area contributed by atoms with Crippen LogP contribution in [-0.2, 0) is 6.18 Å². The molecule has 0 fully saturated rings. The molecule has 4 aromatic rings. The molecular weight excluding hydrogens is 437 g/mol. The molecule has 0 radical (unpaired) electrons. The molecule has 4 rings (SSSR count). The Morgan fingerprint density at radius 1 is 0.848 bits per heavy atom. The van der Waals surface area contributed by atoms with Gasteiger partial charge in [0, 0.05) is 18.6 Å². The molecule has 0 aliphatic rings. The zero-order valence-electron chi connectivity index (χ0n) is 17.9. The van der Waals surface area contributed by atoms with Gasteiger partial charge < -0.3 is 14.8 Å². The molecule has 0 bridgehead atoms. The van der Waals surface area contributed by atoms with E-state index < -0.39 is 17.6 Å². The first-order valence-corrected chi connectivity index (χ1v) is 10.1. The Labute approximate surface area is 187 Å². The molecule has 3 heterocycles. The first-order chi connectivity index (χ1) is 16.0. The highest BCUT2D eigenvalue weighted by molar-refractivity contribution is 5.81. The summed E-state index contributed by atoms with van der Waals surface area (Å²) in [6, 6.07) is 8.32. The standard InChI is InChI=1S/C20H15F3N6O2.C2H6/c21-20(22,23)15-2-1-7-27-19(15)31-14-5-3-13(4-6-14)30-11-10-26-18-16-17(28-12-29-18)25-9-8-24-16;1-2/h1-9,12H,10-11H2,(H,25,26,28,29);1-2H3. The number of nitrogens with zero attached hydrogens (tertiary/aromatic N) is 5. The quantitative estimate of drug-likeness (QED) is 0.380. The topological polar surface area (TPSA) is 94.9 Å². The van der Waals surface area contributed by atoms with Crippen molar-refractivity contribution in [3.05, 3.63) is 66.9 Å². The van der Waals surface area contributed by atoms with Crippen molar-refractivity contribution in [3.63, 3.8) is 0 Å². The minimum atomic E-state index is -4.56. The van der Waals surface area contributed by atoms with Crippen molar-refractivity contribution in [2.45, 2.75) is 20.0 Å². The Morgan fingerprint density at radius 2 is 1.58 bits per heavy atom. The van der Waals surface area contributed by atoms with Gasteiger partial charge in [-0.15, -0.1) is 0 Å². The summed E-state index contributed by atoms with van der Waals surface area (Å²) >= 11 is 0. The van der Waals surface area contributed by atoms with Crippen LogP contribution in [0.25, 0.3) is 11.2 Å². The third-order valence-electron chi connectivity index (χ3n) is 4.05. The summed E-state index contributed by atoms with van der Waals surface area (Å²) in [6.45, 7) is 4.74. The van der Waals surface area contributed by atoms with Crippen LogP contribution < -0.4 is 14.8 Å². The van der Waals surface area contributed by atoms with E-state index in [1.807, 2.05) is 13.8 Å². The van der Waals surface area contributed by atoms with Crippen molar-refractivity contribution in [2.24, 2.45) is 0 Å². The van der Waals surface area contributed by atoms with Crippen molar-refractivity contribution in [1.29, 1.82) is 0 Å². The lowest BCUT2D eigenvalue weighted by Crippen LogP contribution is -2.13. The second-order valence-electron chi connectivity index (χ2n) is 6.15. The largest absolute Gasteiger partial charge is 0.492 e. The molecule has 0 saturated carbocycles. The summed E-state index contributed by atoms with van der Waals surface area (Å²) in [4.78, 5) is 20.2. The van der Waals surface area contributed by atoms with Crippen LogP contribution in [0.5, 0.6) is 17.4 Å². The molecule has 0 atom stereocenters. The fourth-order valence-electron chi connectivity index (χ4n) is 2.67. The molecule has 0 aliphatic carbocycles. The number of hydrogen-bond donors (Lipinski definition) is 1. The monoisotopic (exact) mass is 458 g/mol. The van der Waals surface area contributed by atoms with Gasteiger partial charge in [0.05, 0.1) is 6.54 Å². The van der Waals surface area contributed by atoms with Crippen LogP contribution in [0.1, 0.15) is 19.4 Å². The zero-order chi connectivity index (χ0) is 23.7. The molecule has 11 heteroatoms. The van der Waals surface area contributed by atoms with E-state index in [2.05, 4.69) is 30.2 Å². The molecule has 0 saturated heterocycles. The van der Waals surface area contributed by atoms with Crippen LogP contribution in [0.3, 0.4) is 0 Å². The summed E-state index contributed by atoms with van der Waals surface area (Å²) in [5, 5.41) is 3.10. The molecule has 172 valence electrons. The summed E-state index contributed by atoms with van der Waals surface area (Å²) in [6.07, 6.45) is 1.18. The molecule has 33 heavy (non-hydrogen) atoms. The molecular formula is C22H21F3N6O2. The van der Waals surface area contributed by atoms with E-state index in [4.69, 9.17) is 9.47 Å². The van der Waals surface area contributed by atoms with Crippen LogP contribution >= 0.6 is 0 Å². The second-order valence-corrected chi connectivity index (χ2v) is 6.15. The van der Waals surface area contributed by atoms with Gasteiger partial charge in [0.1, 0.15) is 35.5 Å². The number of alkyl halides is 3. The molecule has 1 aromatic carbocycles. The van der Waals surface area contributed by atoms with Gasteiger partial charge in [-0.2, -0.15) is 13.2 Å². The Balaban J connectivity index is 0.00000149. The van der Waals surface area contributed by atoms with Crippen LogP contribution in [0.2, 0.25) is 0 Å². The molecule has 8 nitrogen and oxygen atoms in total. The highest BCUT2D eigenvalue weighted by atomic mass is 19.4. The Morgan fingerprint density at radius 3 is 2.33 bits per heavy atom. The van der Waals surface area contributed by atoms with Crippen LogP contribution in [0.4, 0.5) is 19.0 Å². The highest BCUT2D eigenvalue weighted by Crippen LogP contribution is 2.36. The Bertz CT molecular complexity index is 1170. The number of pyridine rings is 1. The SMILES string of the molecule is CC.FC(F)(F)c1cccnc1Oc1ccc(OCCNc2ncnc3nccnc23)cc1. The summed E-state index contributed by atoms with van der Waals surface area (Å²) in [5.74, 6) is 0.772. The maximum Gasteiger partial charge on any atom is 0.421 e. The third kappa shape index (κ3) is 6.25. The van der Waals surface area contributed by atoms with Crippen molar-refractivity contribution in [2.75, 3.05) is 18.5 Å². The fraction of sp³-hybridized carbons (Fsp3) is 0.227. The predicted molar refractivity (Wildman–Crippen MR) is 116 cm³/mol. The number of benzene rings is 1. The maximum atomic E-state index is 13.0. The first-order valence-electron chi connectivity index (χ1n) is 10.1. The lowest BCUT2D eigenvalue weighted by atomic mass is 10.2. The van der Waals surface area contributed by atoms with E-state index in [9.17, 15) is 13.2 Å². The summed E-state index contributed by atoms with van der Waals surface area (Å²) in [5.41, 5.74) is 0.0979. The number of rotatable bonds is 7. The fourth-order valence-corrected chi connectivity index (χ4v) is 2.67. The first kappa shape index (κ1) is 23.6. The van der Waals surface area contributed by atoms with Gasteiger partial charge in [0.25, 0.3) is 0 Å². The number of anilines is 1. The second kappa shape index (κ2) is 11.0. The third-order valence-corrected chi connectivity index (χ3v) is 4.05. The van der Waals surface area contributed by atoms with Crippen LogP contribution in [-0.4, -0.2) is 38.1 Å². The lowest BCUT2D eigenvalue weighted by Gasteiger charge is -2.12. The number of hydrogen-bond acceptors (Lipinski definition) is 8. The van der Waals surface area contributed by atoms with E-state index in [1.54, 1.807) is 24.5 Å². The van der Waals surface area contributed by atoms with E-state index in [0.717, 1.165) is 6.07 Å². The average molecular weight is 458 g/mol. The van der Waals surface area contributed by atoms with Crippen molar-refractivity contribution >= 4 is 17.0 Å². The predicted octanol–water partition coefficient (Wildman–Crippen LogP) is 5.14. The molecule has 0 unspecified atom stereocenters. The smallest absolute Gasteiger partial charge is 0.421 e. The van der Waals surface area contributed by atoms with Gasteiger partial charge in [-0.3, -0.25) is 0 Å². The van der Waals surface area contributed by atoms with Crippen molar-refractivity contribution < 1.29 is 22.6 Å². The number of aromatic nitrogens is 5. The van der Waals surface area contributed by atoms with Crippen LogP contribution in [0, 0.1) is 0 Å². The summed E-state index contributed by atoms with van der Waals surface area (Å²) < 4.78 is 50.0. The van der Waals surface area contributed by atoms with E-state index in [0.29, 0.717) is 35.9 Å². The van der Waals surface area contributed by atoms with Gasteiger partial charge in [0.2, 0.25) is 5.88 Å². The zero-order valence-corrected chi connectivity index (χ0v) is 17.9. The van der Waals surface area contributed by atoms with Gasteiger partial charge in [-0.1, -0.05) is 13.8 Å². The molecule has 0 aliphatic heterocycles. The van der Waals surface area contributed by atoms with Gasteiger partial charge in [-0.05, 0) is 36.4 Å². The number of fused-ring (bicyclic) bond motifs is 1. The number of halogens is 3. The lowest BCUT2D eigenvalue weighted by molar-refractivity contribution is -0.138. The van der Waals surface area contributed by atoms with Crippen molar-refractivity contribution in [1.82, 2.24) is 24.9 Å². The minimum absolute atomic E-state index is 0.209. The Hall–Kier alpha value is -4.02. The molecule has 0 amide bonds. The van der Waals surface area contributed by atoms with Gasteiger partial charge >= 0.3 is 6.18 Å². The van der Waals surface area contributed by atoms with Gasteiger partial charge in [-0.25, -0.2) is 24.9 Å². The molecule has 1 N–H and O–H groups in total. The average Bonchev–Trinajstić information content (AvgIpc) is 2.84. The van der Waals surface area contributed by atoms with Crippen LogP contribution in [0.15, 0.2) is 61.3 Å². The normalized spacial score (nSPS) is 10.8. The molecule has 0 spiro atoms. The van der Waals surface area contributed by atoms with E-state index in [-0.39, 0.29) is 5.75 Å². The number of nitrogens with one attached hydrogen (secondary N) is 1. The van der Waals surface area contributed by atoms with Gasteiger partial charge in [0.15, 0.2) is 11.5 Å². The maximum absolute atomic E-state index is 13.0. The van der Waals surface area contributed by atoms with Crippen molar-refractivity contribution in [3.8, 4) is 17.4 Å². The van der Waals surface area contributed by atoms with E-state index in [1.165, 1.54) is 30.7 Å². The highest BCUT2D eigenvalue weighted by Gasteiger charge is 2.35. The molecule has 3 aromatic heterocycles.